The van der Waals surface area contributed by atoms with Gasteiger partial charge < -0.3 is 15.1 Å². The second kappa shape index (κ2) is 9.77. The summed E-state index contributed by atoms with van der Waals surface area (Å²) in [6.45, 7) is 8.15. The van der Waals surface area contributed by atoms with E-state index in [2.05, 4.69) is 69.5 Å². The summed E-state index contributed by atoms with van der Waals surface area (Å²) in [6.07, 6.45) is 6.85. The van der Waals surface area contributed by atoms with Crippen molar-refractivity contribution in [2.24, 2.45) is 10.9 Å². The van der Waals surface area contributed by atoms with Crippen LogP contribution in [-0.4, -0.2) is 48.6 Å². The van der Waals surface area contributed by atoms with Gasteiger partial charge in [-0.1, -0.05) is 30.3 Å². The summed E-state index contributed by atoms with van der Waals surface area (Å²) in [5.41, 5.74) is 2.67. The van der Waals surface area contributed by atoms with E-state index in [0.717, 1.165) is 50.9 Å². The van der Waals surface area contributed by atoms with E-state index in [0.29, 0.717) is 12.5 Å². The fourth-order valence-electron chi connectivity index (χ4n) is 4.41. The highest BCUT2D eigenvalue weighted by Crippen LogP contribution is 2.22. The smallest absolute Gasteiger partial charge is 0.194 e. The van der Waals surface area contributed by atoms with Crippen LogP contribution in [0, 0.1) is 5.92 Å². The van der Waals surface area contributed by atoms with E-state index < -0.39 is 0 Å². The predicted molar refractivity (Wildman–Crippen MR) is 120 cm³/mol. The third kappa shape index (κ3) is 5.28. The third-order valence-corrected chi connectivity index (χ3v) is 5.94. The highest BCUT2D eigenvalue weighted by atomic mass is 15.3. The molecule has 2 aliphatic heterocycles. The first-order valence-corrected chi connectivity index (χ1v) is 11.1. The van der Waals surface area contributed by atoms with Crippen molar-refractivity contribution in [3.05, 3.63) is 59.8 Å². The van der Waals surface area contributed by atoms with Crippen molar-refractivity contribution in [2.45, 2.75) is 39.2 Å². The van der Waals surface area contributed by atoms with E-state index in [1.807, 2.05) is 6.20 Å². The molecule has 2 fully saturated rings. The van der Waals surface area contributed by atoms with Gasteiger partial charge in [-0.05, 0) is 61.8 Å². The van der Waals surface area contributed by atoms with Crippen molar-refractivity contribution in [3.63, 3.8) is 0 Å². The molecule has 1 unspecified atom stereocenters. The van der Waals surface area contributed by atoms with Crippen molar-refractivity contribution in [1.82, 2.24) is 15.2 Å². The lowest BCUT2D eigenvalue weighted by Crippen LogP contribution is -2.40. The summed E-state index contributed by atoms with van der Waals surface area (Å²) < 4.78 is 0. The average molecular weight is 392 g/mol. The molecule has 0 amide bonds. The van der Waals surface area contributed by atoms with Crippen molar-refractivity contribution >= 4 is 11.8 Å². The number of aliphatic imine (C=N–C) groups is 1. The van der Waals surface area contributed by atoms with Crippen molar-refractivity contribution in [1.29, 1.82) is 0 Å². The first kappa shape index (κ1) is 19.7. The molecule has 2 aliphatic rings. The van der Waals surface area contributed by atoms with Gasteiger partial charge in [0.25, 0.3) is 0 Å². The Morgan fingerprint density at radius 2 is 1.93 bits per heavy atom. The summed E-state index contributed by atoms with van der Waals surface area (Å²) >= 11 is 0. The minimum atomic E-state index is 0.698. The van der Waals surface area contributed by atoms with Crippen LogP contribution in [0.15, 0.2) is 53.7 Å². The Bertz CT molecular complexity index is 798. The van der Waals surface area contributed by atoms with E-state index in [9.17, 15) is 0 Å². The molecule has 4 rings (SSSR count). The summed E-state index contributed by atoms with van der Waals surface area (Å²) in [5, 5.41) is 3.50. The first-order chi connectivity index (χ1) is 14.3. The number of hydrogen-bond acceptors (Lipinski definition) is 3. The topological polar surface area (TPSA) is 43.8 Å². The molecule has 0 saturated carbocycles. The monoisotopic (exact) mass is 391 g/mol. The number of rotatable bonds is 6. The molecule has 154 valence electrons. The molecule has 5 heteroatoms. The van der Waals surface area contributed by atoms with E-state index in [-0.39, 0.29) is 0 Å². The molecule has 29 heavy (non-hydrogen) atoms. The maximum Gasteiger partial charge on any atom is 0.194 e. The zero-order valence-corrected chi connectivity index (χ0v) is 17.6. The number of aromatic nitrogens is 1. The highest BCUT2D eigenvalue weighted by molar-refractivity contribution is 5.80. The number of anilines is 1. The number of likely N-dealkylation sites (tertiary alicyclic amines) is 1. The molecule has 1 N–H and O–H groups in total. The quantitative estimate of drug-likeness (QED) is 0.602. The lowest BCUT2D eigenvalue weighted by molar-refractivity contribution is 0.460. The molecule has 0 bridgehead atoms. The number of nitrogens with one attached hydrogen (secondary N) is 1. The summed E-state index contributed by atoms with van der Waals surface area (Å²) in [4.78, 5) is 14.3. The molecule has 1 aromatic carbocycles. The van der Waals surface area contributed by atoms with Gasteiger partial charge in [0, 0.05) is 38.9 Å². The van der Waals surface area contributed by atoms with Crippen LogP contribution < -0.4 is 10.2 Å². The Balaban J connectivity index is 1.38. The van der Waals surface area contributed by atoms with Gasteiger partial charge in [-0.2, -0.15) is 0 Å². The van der Waals surface area contributed by atoms with Gasteiger partial charge in [-0.25, -0.2) is 9.98 Å². The molecule has 0 aliphatic carbocycles. The van der Waals surface area contributed by atoms with Gasteiger partial charge in [0.15, 0.2) is 5.96 Å². The largest absolute Gasteiger partial charge is 0.357 e. The third-order valence-electron chi connectivity index (χ3n) is 5.94. The van der Waals surface area contributed by atoms with Gasteiger partial charge in [0.2, 0.25) is 0 Å². The molecule has 2 saturated heterocycles. The van der Waals surface area contributed by atoms with Gasteiger partial charge in [0.1, 0.15) is 5.82 Å². The lowest BCUT2D eigenvalue weighted by atomic mass is 9.99. The summed E-state index contributed by atoms with van der Waals surface area (Å²) in [6, 6.07) is 15.1. The molecule has 2 aromatic rings. The van der Waals surface area contributed by atoms with Crippen LogP contribution in [0.4, 0.5) is 5.82 Å². The van der Waals surface area contributed by atoms with Gasteiger partial charge in [-0.3, -0.25) is 0 Å². The Kier molecular flexibility index (Phi) is 6.65. The van der Waals surface area contributed by atoms with Crippen molar-refractivity contribution < 1.29 is 0 Å². The Morgan fingerprint density at radius 1 is 1.10 bits per heavy atom. The van der Waals surface area contributed by atoms with Gasteiger partial charge >= 0.3 is 0 Å². The standard InChI is InChI=1S/C24H33N5/c1-2-25-24(29-15-11-22(19-29)16-20-8-4-3-5-9-20)27-18-21-10-12-26-23(17-21)28-13-6-7-14-28/h3-5,8-10,12,17,22H,2,6-7,11,13-16,18-19H2,1H3,(H,25,27). The van der Waals surface area contributed by atoms with Crippen LogP contribution >= 0.6 is 0 Å². The Labute approximate surface area is 174 Å². The van der Waals surface area contributed by atoms with E-state index in [1.165, 1.54) is 30.4 Å². The van der Waals surface area contributed by atoms with E-state index >= 15 is 0 Å². The lowest BCUT2D eigenvalue weighted by Gasteiger charge is -2.22. The number of pyridine rings is 1. The van der Waals surface area contributed by atoms with Gasteiger partial charge in [0.05, 0.1) is 6.54 Å². The van der Waals surface area contributed by atoms with Crippen molar-refractivity contribution in [3.8, 4) is 0 Å². The average Bonchev–Trinajstić information content (AvgIpc) is 3.45. The SMILES string of the molecule is CCNC(=NCc1ccnc(N2CCCC2)c1)N1CCC(Cc2ccccc2)C1. The van der Waals surface area contributed by atoms with Crippen LogP contribution in [0.3, 0.4) is 0 Å². The normalized spacial score (nSPS) is 19.8. The minimum Gasteiger partial charge on any atom is -0.357 e. The highest BCUT2D eigenvalue weighted by Gasteiger charge is 2.25. The van der Waals surface area contributed by atoms with E-state index in [1.54, 1.807) is 0 Å². The van der Waals surface area contributed by atoms with Crippen LogP contribution in [0.1, 0.15) is 37.3 Å². The Hall–Kier alpha value is -2.56. The predicted octanol–water partition coefficient (Wildman–Crippen LogP) is 3.71. The second-order valence-corrected chi connectivity index (χ2v) is 8.18. The van der Waals surface area contributed by atoms with Crippen molar-refractivity contribution in [2.75, 3.05) is 37.6 Å². The number of nitrogens with zero attached hydrogens (tertiary/aromatic N) is 4. The fraction of sp³-hybridized carbons (Fsp3) is 0.500. The zero-order valence-electron chi connectivity index (χ0n) is 17.6. The number of benzene rings is 1. The van der Waals surface area contributed by atoms with Crippen LogP contribution in [0.2, 0.25) is 0 Å². The minimum absolute atomic E-state index is 0.698. The summed E-state index contributed by atoms with van der Waals surface area (Å²) in [7, 11) is 0. The molecule has 1 aromatic heterocycles. The molecule has 1 atom stereocenters. The van der Waals surface area contributed by atoms with Crippen LogP contribution in [-0.2, 0) is 13.0 Å². The fourth-order valence-corrected chi connectivity index (χ4v) is 4.41. The molecule has 3 heterocycles. The molecular weight excluding hydrogens is 358 g/mol. The molecule has 0 spiro atoms. The Morgan fingerprint density at radius 3 is 2.72 bits per heavy atom. The molecule has 5 nitrogen and oxygen atoms in total. The first-order valence-electron chi connectivity index (χ1n) is 11.1. The van der Waals surface area contributed by atoms with E-state index in [4.69, 9.17) is 4.99 Å². The number of guanidine groups is 1. The molecule has 0 radical (unpaired) electrons. The molecular formula is C24H33N5. The maximum absolute atomic E-state index is 4.96. The summed E-state index contributed by atoms with van der Waals surface area (Å²) in [5.74, 6) is 2.84. The zero-order chi connectivity index (χ0) is 19.9. The second-order valence-electron chi connectivity index (χ2n) is 8.18. The van der Waals surface area contributed by atoms with Gasteiger partial charge in [-0.15, -0.1) is 0 Å². The number of hydrogen-bond donors (Lipinski definition) is 1. The van der Waals surface area contributed by atoms with Crippen LogP contribution in [0.25, 0.3) is 0 Å². The van der Waals surface area contributed by atoms with Crippen LogP contribution in [0.5, 0.6) is 0 Å². The maximum atomic E-state index is 4.96.